The van der Waals surface area contributed by atoms with Crippen LogP contribution in [0.2, 0.25) is 0 Å². The number of likely N-dealkylation sites (N-methyl/N-ethyl adjacent to an activating group) is 2. The first-order chi connectivity index (χ1) is 9.67. The van der Waals surface area contributed by atoms with E-state index in [1.165, 1.54) is 0 Å². The molecule has 1 rings (SSSR count). The van der Waals surface area contributed by atoms with Crippen LogP contribution in [0.3, 0.4) is 0 Å². The number of amides is 1. The fourth-order valence-corrected chi connectivity index (χ4v) is 1.51. The van der Waals surface area contributed by atoms with Crippen LogP contribution in [-0.2, 0) is 4.79 Å². The average Bonchev–Trinajstić information content (AvgIpc) is 2.49. The Balaban J connectivity index is 0.00000400. The summed E-state index contributed by atoms with van der Waals surface area (Å²) in [5, 5.41) is 3.00. The molecule has 0 bridgehead atoms. The zero-order valence-electron chi connectivity index (χ0n) is 12.9. The van der Waals surface area contributed by atoms with Crippen LogP contribution in [-0.4, -0.2) is 51.2 Å². The van der Waals surface area contributed by atoms with Gasteiger partial charge in [-0.25, -0.2) is 0 Å². The molecule has 1 N–H and O–H groups in total. The van der Waals surface area contributed by atoms with E-state index in [9.17, 15) is 4.79 Å². The standard InChI is InChI=1S/C15H24N2O3.ClH/c1-4-11-19-13-5-7-14(8-6-13)20-12-15(18)17(3)10-9-16-2;/h5-8,16H,4,9-12H2,1-3H3;1H. The predicted octanol–water partition coefficient (Wildman–Crippen LogP) is 1.95. The molecular weight excluding hydrogens is 292 g/mol. The van der Waals surface area contributed by atoms with Gasteiger partial charge in [-0.05, 0) is 37.7 Å². The van der Waals surface area contributed by atoms with Crippen LogP contribution in [0.5, 0.6) is 11.5 Å². The molecule has 0 atom stereocenters. The molecule has 1 aromatic carbocycles. The Morgan fingerprint density at radius 1 is 1.19 bits per heavy atom. The summed E-state index contributed by atoms with van der Waals surface area (Å²) >= 11 is 0. The highest BCUT2D eigenvalue weighted by Gasteiger charge is 2.08. The lowest BCUT2D eigenvalue weighted by atomic mass is 10.3. The maximum Gasteiger partial charge on any atom is 0.260 e. The summed E-state index contributed by atoms with van der Waals surface area (Å²) in [5.41, 5.74) is 0. The molecule has 1 amide bonds. The number of halogens is 1. The van der Waals surface area contributed by atoms with E-state index in [-0.39, 0.29) is 24.9 Å². The first-order valence-corrected chi connectivity index (χ1v) is 6.91. The van der Waals surface area contributed by atoms with Crippen LogP contribution in [0.1, 0.15) is 13.3 Å². The van der Waals surface area contributed by atoms with Crippen molar-refractivity contribution in [1.29, 1.82) is 0 Å². The minimum Gasteiger partial charge on any atom is -0.494 e. The van der Waals surface area contributed by atoms with Crippen LogP contribution in [0, 0.1) is 0 Å². The Hall–Kier alpha value is -1.46. The molecule has 0 aromatic heterocycles. The number of carbonyl (C=O) groups excluding carboxylic acids is 1. The van der Waals surface area contributed by atoms with Gasteiger partial charge in [0, 0.05) is 20.1 Å². The van der Waals surface area contributed by atoms with Crippen LogP contribution in [0.25, 0.3) is 0 Å². The molecule has 0 unspecified atom stereocenters. The third-order valence-corrected chi connectivity index (χ3v) is 2.78. The molecule has 6 heteroatoms. The van der Waals surface area contributed by atoms with Gasteiger partial charge in [-0.3, -0.25) is 4.79 Å². The zero-order chi connectivity index (χ0) is 14.8. The average molecular weight is 317 g/mol. The lowest BCUT2D eigenvalue weighted by molar-refractivity contribution is -0.131. The molecule has 5 nitrogen and oxygen atoms in total. The van der Waals surface area contributed by atoms with E-state index in [1.54, 1.807) is 11.9 Å². The number of benzene rings is 1. The topological polar surface area (TPSA) is 50.8 Å². The molecule has 0 saturated heterocycles. The summed E-state index contributed by atoms with van der Waals surface area (Å²) in [7, 11) is 3.63. The molecular formula is C15H25ClN2O3. The van der Waals surface area contributed by atoms with Crippen LogP contribution < -0.4 is 14.8 Å². The number of hydrogen-bond donors (Lipinski definition) is 1. The molecule has 21 heavy (non-hydrogen) atoms. The van der Waals surface area contributed by atoms with Crippen molar-refractivity contribution in [2.75, 3.05) is 40.4 Å². The highest BCUT2D eigenvalue weighted by molar-refractivity contribution is 5.85. The number of hydrogen-bond acceptors (Lipinski definition) is 4. The zero-order valence-corrected chi connectivity index (χ0v) is 13.7. The van der Waals surface area contributed by atoms with Crippen molar-refractivity contribution in [2.24, 2.45) is 0 Å². The van der Waals surface area contributed by atoms with Gasteiger partial charge in [-0.15, -0.1) is 12.4 Å². The maximum absolute atomic E-state index is 11.8. The number of carbonyl (C=O) groups is 1. The first-order valence-electron chi connectivity index (χ1n) is 6.91. The van der Waals surface area contributed by atoms with Gasteiger partial charge in [0.25, 0.3) is 5.91 Å². The van der Waals surface area contributed by atoms with Gasteiger partial charge in [0.15, 0.2) is 6.61 Å². The van der Waals surface area contributed by atoms with Gasteiger partial charge in [0.05, 0.1) is 6.61 Å². The number of rotatable bonds is 9. The second kappa shape index (κ2) is 11.2. The molecule has 0 fully saturated rings. The normalized spacial score (nSPS) is 9.67. The Labute approximate surface area is 133 Å². The molecule has 0 aliphatic rings. The van der Waals surface area contributed by atoms with Gasteiger partial charge in [0.2, 0.25) is 0 Å². The minimum atomic E-state index is -0.0356. The Kier molecular flexibility index (Phi) is 10.4. The van der Waals surface area contributed by atoms with Crippen molar-refractivity contribution in [3.05, 3.63) is 24.3 Å². The smallest absolute Gasteiger partial charge is 0.260 e. The van der Waals surface area contributed by atoms with Gasteiger partial charge in [0.1, 0.15) is 11.5 Å². The second-order valence-corrected chi connectivity index (χ2v) is 4.53. The van der Waals surface area contributed by atoms with Crippen molar-refractivity contribution in [1.82, 2.24) is 10.2 Å². The largest absolute Gasteiger partial charge is 0.494 e. The SMILES string of the molecule is CCCOc1ccc(OCC(=O)N(C)CCNC)cc1.Cl. The van der Waals surface area contributed by atoms with Crippen molar-refractivity contribution in [2.45, 2.75) is 13.3 Å². The molecule has 0 aliphatic carbocycles. The highest BCUT2D eigenvalue weighted by Crippen LogP contribution is 2.17. The molecule has 0 heterocycles. The van der Waals surface area contributed by atoms with Gasteiger partial charge in [-0.1, -0.05) is 6.92 Å². The lowest BCUT2D eigenvalue weighted by Crippen LogP contribution is -2.35. The molecule has 1 aromatic rings. The fourth-order valence-electron chi connectivity index (χ4n) is 1.51. The summed E-state index contributed by atoms with van der Waals surface area (Å²) < 4.78 is 10.9. The third-order valence-electron chi connectivity index (χ3n) is 2.78. The maximum atomic E-state index is 11.8. The van der Waals surface area contributed by atoms with E-state index in [2.05, 4.69) is 12.2 Å². The highest BCUT2D eigenvalue weighted by atomic mass is 35.5. The van der Waals surface area contributed by atoms with Gasteiger partial charge >= 0.3 is 0 Å². The third kappa shape index (κ3) is 7.78. The quantitative estimate of drug-likeness (QED) is 0.756. The Morgan fingerprint density at radius 3 is 2.29 bits per heavy atom. The van der Waals surface area contributed by atoms with Crippen molar-refractivity contribution < 1.29 is 14.3 Å². The summed E-state index contributed by atoms with van der Waals surface area (Å²) in [6.07, 6.45) is 0.978. The van der Waals surface area contributed by atoms with E-state index in [0.29, 0.717) is 18.9 Å². The molecule has 0 saturated carbocycles. The second-order valence-electron chi connectivity index (χ2n) is 4.53. The molecule has 0 aliphatic heterocycles. The summed E-state index contributed by atoms with van der Waals surface area (Å²) in [6, 6.07) is 7.32. The van der Waals surface area contributed by atoms with Crippen LogP contribution >= 0.6 is 12.4 Å². The summed E-state index contributed by atoms with van der Waals surface area (Å²) in [4.78, 5) is 13.4. The Morgan fingerprint density at radius 2 is 1.76 bits per heavy atom. The van der Waals surface area contributed by atoms with E-state index >= 15 is 0 Å². The first kappa shape index (κ1) is 19.5. The molecule has 120 valence electrons. The Bertz CT molecular complexity index is 398. The lowest BCUT2D eigenvalue weighted by Gasteiger charge is -2.17. The van der Waals surface area contributed by atoms with Crippen LogP contribution in [0.4, 0.5) is 0 Å². The summed E-state index contributed by atoms with van der Waals surface area (Å²) in [5.74, 6) is 1.45. The molecule has 0 spiro atoms. The molecule has 0 radical (unpaired) electrons. The van der Waals surface area contributed by atoms with E-state index in [1.807, 2.05) is 31.3 Å². The number of ether oxygens (including phenoxy) is 2. The monoisotopic (exact) mass is 316 g/mol. The predicted molar refractivity (Wildman–Crippen MR) is 86.5 cm³/mol. The van der Waals surface area contributed by atoms with Crippen molar-refractivity contribution >= 4 is 18.3 Å². The number of nitrogens with zero attached hydrogens (tertiary/aromatic N) is 1. The van der Waals surface area contributed by atoms with Crippen LogP contribution in [0.15, 0.2) is 24.3 Å². The summed E-state index contributed by atoms with van der Waals surface area (Å²) in [6.45, 7) is 4.26. The van der Waals surface area contributed by atoms with Gasteiger partial charge < -0.3 is 19.7 Å². The fraction of sp³-hybridized carbons (Fsp3) is 0.533. The van der Waals surface area contributed by atoms with Crippen molar-refractivity contribution in [3.8, 4) is 11.5 Å². The van der Waals surface area contributed by atoms with E-state index < -0.39 is 0 Å². The minimum absolute atomic E-state index is 0. The van der Waals surface area contributed by atoms with Crippen molar-refractivity contribution in [3.63, 3.8) is 0 Å². The van der Waals surface area contributed by atoms with Gasteiger partial charge in [-0.2, -0.15) is 0 Å². The van der Waals surface area contributed by atoms with E-state index in [0.717, 1.165) is 18.7 Å². The number of nitrogens with one attached hydrogen (secondary N) is 1. The van der Waals surface area contributed by atoms with E-state index in [4.69, 9.17) is 9.47 Å².